The third-order valence-electron chi connectivity index (χ3n) is 4.28. The quantitative estimate of drug-likeness (QED) is 0.355. The number of para-hydroxylation sites is 1. The van der Waals surface area contributed by atoms with Crippen molar-refractivity contribution in [3.63, 3.8) is 0 Å². The zero-order valence-electron chi connectivity index (χ0n) is 15.4. The second-order valence-corrected chi connectivity index (χ2v) is 10.5. The standard InChI is InChI=1S/C21H20AsBr2O4/c1-2-3-7-19-15(14-6-4-5-8-18(14)28-19)11-22-13-9-16(23)21(17(24)10-13)27-12-20(25)26/h4-6,8-10H,2-3,7,11-12H2,1H3,(H,25,26). The second-order valence-electron chi connectivity index (χ2n) is 6.34. The van der Waals surface area contributed by atoms with Gasteiger partial charge in [-0.25, -0.2) is 0 Å². The molecule has 0 unspecified atom stereocenters. The minimum atomic E-state index is -0.999. The van der Waals surface area contributed by atoms with Crippen LogP contribution in [-0.2, 0) is 16.4 Å². The molecule has 0 atom stereocenters. The maximum absolute atomic E-state index is 10.8. The molecule has 147 valence electrons. The summed E-state index contributed by atoms with van der Waals surface area (Å²) in [5.74, 6) is 0.628. The van der Waals surface area contributed by atoms with Gasteiger partial charge in [-0.1, -0.05) is 0 Å². The number of furan rings is 1. The van der Waals surface area contributed by atoms with Crippen LogP contribution in [-0.4, -0.2) is 33.4 Å². The molecule has 1 aromatic heterocycles. The first kappa shape index (κ1) is 21.5. The van der Waals surface area contributed by atoms with Crippen molar-refractivity contribution in [2.24, 2.45) is 0 Å². The van der Waals surface area contributed by atoms with Crippen molar-refractivity contribution in [3.8, 4) is 5.75 Å². The fourth-order valence-electron chi connectivity index (χ4n) is 2.94. The van der Waals surface area contributed by atoms with Gasteiger partial charge in [0.2, 0.25) is 0 Å². The summed E-state index contributed by atoms with van der Waals surface area (Å²) in [4.78, 5) is 10.8. The number of hydrogen-bond acceptors (Lipinski definition) is 3. The van der Waals surface area contributed by atoms with Crippen LogP contribution < -0.4 is 9.09 Å². The van der Waals surface area contributed by atoms with Crippen molar-refractivity contribution in [1.29, 1.82) is 0 Å². The number of ether oxygens (including phenoxy) is 1. The molecule has 3 aromatic rings. The summed E-state index contributed by atoms with van der Waals surface area (Å²) >= 11 is 6.88. The molecule has 0 aliphatic rings. The van der Waals surface area contributed by atoms with Crippen LogP contribution in [0.3, 0.4) is 0 Å². The number of unbranched alkanes of at least 4 members (excludes halogenated alkanes) is 1. The first-order valence-corrected chi connectivity index (χ1v) is 12.8. The Morgan fingerprint density at radius 2 is 1.93 bits per heavy atom. The number of carboxylic acid groups (broad SMARTS) is 1. The molecule has 0 saturated carbocycles. The summed E-state index contributed by atoms with van der Waals surface area (Å²) in [7, 11) is 0. The molecule has 0 amide bonds. The number of carbonyl (C=O) groups is 1. The van der Waals surface area contributed by atoms with Crippen LogP contribution in [0.1, 0.15) is 31.1 Å². The van der Waals surface area contributed by atoms with Crippen LogP contribution in [0, 0.1) is 0 Å². The van der Waals surface area contributed by atoms with Gasteiger partial charge >= 0.3 is 188 Å². The first-order valence-electron chi connectivity index (χ1n) is 9.00. The zero-order valence-corrected chi connectivity index (χ0v) is 20.4. The van der Waals surface area contributed by atoms with Crippen molar-refractivity contribution in [2.45, 2.75) is 31.4 Å². The van der Waals surface area contributed by atoms with Crippen LogP contribution in [0.4, 0.5) is 0 Å². The number of fused-ring (bicyclic) bond motifs is 1. The van der Waals surface area contributed by atoms with Gasteiger partial charge < -0.3 is 0 Å². The van der Waals surface area contributed by atoms with E-state index in [2.05, 4.69) is 50.9 Å². The molecule has 1 radical (unpaired) electrons. The van der Waals surface area contributed by atoms with Crippen molar-refractivity contribution >= 4 is 68.9 Å². The number of rotatable bonds is 9. The molecule has 7 heteroatoms. The molecular formula is C21H20AsBr2O4. The van der Waals surface area contributed by atoms with Gasteiger partial charge in [-0.3, -0.25) is 0 Å². The first-order chi connectivity index (χ1) is 13.5. The molecule has 0 aliphatic heterocycles. The molecule has 0 saturated heterocycles. The Morgan fingerprint density at radius 3 is 2.61 bits per heavy atom. The van der Waals surface area contributed by atoms with Gasteiger partial charge in [0, 0.05) is 0 Å². The molecule has 0 aliphatic carbocycles. The average Bonchev–Trinajstić information content (AvgIpc) is 3.01. The molecule has 3 rings (SSSR count). The number of hydrogen-bond donors (Lipinski definition) is 1. The van der Waals surface area contributed by atoms with Gasteiger partial charge in [0.25, 0.3) is 0 Å². The van der Waals surface area contributed by atoms with E-state index < -0.39 is 5.97 Å². The van der Waals surface area contributed by atoms with Crippen molar-refractivity contribution in [1.82, 2.24) is 0 Å². The van der Waals surface area contributed by atoms with E-state index >= 15 is 0 Å². The van der Waals surface area contributed by atoms with E-state index in [1.807, 2.05) is 24.3 Å². The summed E-state index contributed by atoms with van der Waals surface area (Å²) in [6.45, 7) is 1.82. The van der Waals surface area contributed by atoms with E-state index in [1.165, 1.54) is 15.3 Å². The molecular weight excluding hydrogens is 551 g/mol. The molecule has 1 N–H and O–H groups in total. The van der Waals surface area contributed by atoms with Crippen LogP contribution in [0.25, 0.3) is 11.0 Å². The monoisotopic (exact) mass is 569 g/mol. The summed E-state index contributed by atoms with van der Waals surface area (Å²) < 4.78 is 14.2. The maximum atomic E-state index is 10.8. The molecule has 4 nitrogen and oxygen atoms in total. The van der Waals surface area contributed by atoms with Gasteiger partial charge in [-0.15, -0.1) is 0 Å². The van der Waals surface area contributed by atoms with E-state index in [1.54, 1.807) is 0 Å². The van der Waals surface area contributed by atoms with Gasteiger partial charge in [-0.2, -0.15) is 0 Å². The van der Waals surface area contributed by atoms with E-state index in [-0.39, 0.29) is 22.4 Å². The summed E-state index contributed by atoms with van der Waals surface area (Å²) in [5, 5.41) is 11.0. The Labute approximate surface area is 187 Å². The fraction of sp³-hybridized carbons (Fsp3) is 0.286. The fourth-order valence-corrected chi connectivity index (χ4v) is 7.49. The van der Waals surface area contributed by atoms with Crippen LogP contribution in [0.15, 0.2) is 49.8 Å². The van der Waals surface area contributed by atoms with Crippen LogP contribution in [0.2, 0.25) is 0 Å². The second kappa shape index (κ2) is 10.00. The molecule has 28 heavy (non-hydrogen) atoms. The number of benzene rings is 2. The number of aliphatic carboxylic acids is 1. The minimum absolute atomic E-state index is 0.126. The van der Waals surface area contributed by atoms with Gasteiger partial charge in [0.1, 0.15) is 0 Å². The molecule has 1 heterocycles. The van der Waals surface area contributed by atoms with E-state index in [9.17, 15) is 4.79 Å². The van der Waals surface area contributed by atoms with E-state index in [0.29, 0.717) is 5.75 Å². The Kier molecular flexibility index (Phi) is 7.67. The molecule has 2 aromatic carbocycles. The number of carboxylic acids is 1. The van der Waals surface area contributed by atoms with Gasteiger partial charge in [0.15, 0.2) is 0 Å². The molecule has 0 fully saturated rings. The molecule has 0 spiro atoms. The Balaban J connectivity index is 1.81. The zero-order chi connectivity index (χ0) is 20.1. The number of aryl methyl sites for hydroxylation is 1. The predicted molar refractivity (Wildman–Crippen MR) is 119 cm³/mol. The van der Waals surface area contributed by atoms with Crippen LogP contribution in [0.5, 0.6) is 5.75 Å². The van der Waals surface area contributed by atoms with E-state index in [4.69, 9.17) is 14.3 Å². The average molecular weight is 571 g/mol. The predicted octanol–water partition coefficient (Wildman–Crippen LogP) is 5.29. The Morgan fingerprint density at radius 1 is 1.21 bits per heavy atom. The summed E-state index contributed by atoms with van der Waals surface area (Å²) in [6, 6.07) is 12.3. The van der Waals surface area contributed by atoms with Crippen molar-refractivity contribution < 1.29 is 19.1 Å². The third kappa shape index (κ3) is 5.22. The number of halogens is 2. The van der Waals surface area contributed by atoms with Crippen LogP contribution >= 0.6 is 31.9 Å². The Bertz CT molecular complexity index is 961. The van der Waals surface area contributed by atoms with Crippen molar-refractivity contribution in [3.05, 3.63) is 56.7 Å². The van der Waals surface area contributed by atoms with Crippen molar-refractivity contribution in [2.75, 3.05) is 6.61 Å². The van der Waals surface area contributed by atoms with E-state index in [0.717, 1.165) is 44.8 Å². The summed E-state index contributed by atoms with van der Waals surface area (Å²) in [5.41, 5.74) is 2.28. The topological polar surface area (TPSA) is 59.7 Å². The SMILES string of the molecule is CCCCc1oc2ccccc2c1C[As]c1cc(Br)c(OCC(=O)O)c(Br)c1. The Hall–Kier alpha value is -1.23. The summed E-state index contributed by atoms with van der Waals surface area (Å²) in [6.07, 6.45) is 3.23. The van der Waals surface area contributed by atoms with Gasteiger partial charge in [0.05, 0.1) is 0 Å². The van der Waals surface area contributed by atoms with Gasteiger partial charge in [-0.05, 0) is 0 Å². The third-order valence-corrected chi connectivity index (χ3v) is 7.76. The molecule has 0 bridgehead atoms. The normalized spacial score (nSPS) is 11.5.